The van der Waals surface area contributed by atoms with Gasteiger partial charge in [0, 0.05) is 18.0 Å². The fourth-order valence-corrected chi connectivity index (χ4v) is 2.96. The van der Waals surface area contributed by atoms with E-state index in [1.165, 1.54) is 30.0 Å². The predicted octanol–water partition coefficient (Wildman–Crippen LogP) is 1.84. The number of likely N-dealkylation sites (tertiary alicyclic amines) is 1. The first kappa shape index (κ1) is 10.1. The Hall–Kier alpha value is -0.380. The Morgan fingerprint density at radius 3 is 3.07 bits per heavy atom. The molecule has 0 spiro atoms. The number of nitrogens with zero attached hydrogens (tertiary/aromatic N) is 1. The second kappa shape index (κ2) is 4.43. The summed E-state index contributed by atoms with van der Waals surface area (Å²) in [5, 5.41) is 2.23. The minimum Gasteiger partial charge on any atom is -0.330 e. The molecule has 1 atom stereocenters. The van der Waals surface area contributed by atoms with Gasteiger partial charge in [0.1, 0.15) is 0 Å². The van der Waals surface area contributed by atoms with Crippen LogP contribution in [0.25, 0.3) is 0 Å². The minimum atomic E-state index is 0.732. The fourth-order valence-electron chi connectivity index (χ4n) is 2.04. The lowest BCUT2D eigenvalue weighted by molar-refractivity contribution is 0.320. The van der Waals surface area contributed by atoms with Crippen molar-refractivity contribution in [3.05, 3.63) is 21.9 Å². The van der Waals surface area contributed by atoms with E-state index in [1.807, 2.05) is 11.3 Å². The van der Waals surface area contributed by atoms with Crippen molar-refractivity contribution in [1.82, 2.24) is 4.90 Å². The molecule has 1 aromatic heterocycles. The molecule has 2 N–H and O–H groups in total. The zero-order valence-corrected chi connectivity index (χ0v) is 9.52. The molecule has 2 nitrogen and oxygen atoms in total. The highest BCUT2D eigenvalue weighted by molar-refractivity contribution is 7.10. The van der Waals surface area contributed by atoms with E-state index >= 15 is 0 Å². The van der Waals surface area contributed by atoms with Gasteiger partial charge >= 0.3 is 0 Å². The average molecular weight is 210 g/mol. The molecule has 1 unspecified atom stereocenters. The molecule has 0 saturated carbocycles. The SMILES string of the molecule is Cc1csc(CN2CCC(CN)C2)c1. The van der Waals surface area contributed by atoms with Crippen LogP contribution in [-0.4, -0.2) is 24.5 Å². The van der Waals surface area contributed by atoms with Gasteiger partial charge in [-0.25, -0.2) is 0 Å². The molecule has 78 valence electrons. The molecule has 2 rings (SSSR count). The van der Waals surface area contributed by atoms with Crippen molar-refractivity contribution in [2.75, 3.05) is 19.6 Å². The number of thiophene rings is 1. The third-order valence-electron chi connectivity index (χ3n) is 2.87. The van der Waals surface area contributed by atoms with Gasteiger partial charge in [-0.15, -0.1) is 11.3 Å². The topological polar surface area (TPSA) is 29.3 Å². The molecule has 0 bridgehead atoms. The molecule has 1 aliphatic heterocycles. The minimum absolute atomic E-state index is 0.732. The van der Waals surface area contributed by atoms with Gasteiger partial charge in [0.2, 0.25) is 0 Å². The van der Waals surface area contributed by atoms with Gasteiger partial charge in [0.15, 0.2) is 0 Å². The van der Waals surface area contributed by atoms with Crippen LogP contribution in [0.2, 0.25) is 0 Å². The van der Waals surface area contributed by atoms with E-state index in [-0.39, 0.29) is 0 Å². The smallest absolute Gasteiger partial charge is 0.0328 e. The summed E-state index contributed by atoms with van der Waals surface area (Å²) in [6.07, 6.45) is 1.28. The monoisotopic (exact) mass is 210 g/mol. The Morgan fingerprint density at radius 2 is 2.50 bits per heavy atom. The van der Waals surface area contributed by atoms with Crippen molar-refractivity contribution in [2.24, 2.45) is 11.7 Å². The Morgan fingerprint density at radius 1 is 1.64 bits per heavy atom. The largest absolute Gasteiger partial charge is 0.330 e. The second-order valence-electron chi connectivity index (χ2n) is 4.22. The maximum Gasteiger partial charge on any atom is 0.0328 e. The summed E-state index contributed by atoms with van der Waals surface area (Å²) in [5.41, 5.74) is 7.06. The Kier molecular flexibility index (Phi) is 3.21. The first-order valence-electron chi connectivity index (χ1n) is 5.24. The van der Waals surface area contributed by atoms with Gasteiger partial charge in [-0.05, 0) is 49.4 Å². The van der Waals surface area contributed by atoms with E-state index in [2.05, 4.69) is 23.3 Å². The lowest BCUT2D eigenvalue weighted by Gasteiger charge is -2.13. The van der Waals surface area contributed by atoms with Gasteiger partial charge in [0.05, 0.1) is 0 Å². The lowest BCUT2D eigenvalue weighted by atomic mass is 10.1. The van der Waals surface area contributed by atoms with Crippen LogP contribution in [0.5, 0.6) is 0 Å². The van der Waals surface area contributed by atoms with Crippen LogP contribution in [0, 0.1) is 12.8 Å². The molecule has 0 aliphatic carbocycles. The van der Waals surface area contributed by atoms with Crippen molar-refractivity contribution in [3.63, 3.8) is 0 Å². The van der Waals surface area contributed by atoms with Crippen molar-refractivity contribution in [1.29, 1.82) is 0 Å². The van der Waals surface area contributed by atoms with Gasteiger partial charge in [-0.3, -0.25) is 4.90 Å². The molecule has 3 heteroatoms. The van der Waals surface area contributed by atoms with Crippen LogP contribution in [0.15, 0.2) is 11.4 Å². The highest BCUT2D eigenvalue weighted by atomic mass is 32.1. The van der Waals surface area contributed by atoms with Crippen LogP contribution in [0.4, 0.5) is 0 Å². The maximum atomic E-state index is 5.67. The summed E-state index contributed by atoms with van der Waals surface area (Å²) in [5.74, 6) is 0.732. The van der Waals surface area contributed by atoms with E-state index in [0.717, 1.165) is 19.0 Å². The standard InChI is InChI=1S/C11H18N2S/c1-9-4-11(14-8-9)7-13-3-2-10(5-12)6-13/h4,8,10H,2-3,5-7,12H2,1H3. The van der Waals surface area contributed by atoms with E-state index < -0.39 is 0 Å². The molecule has 1 fully saturated rings. The molecular formula is C11H18N2S. The van der Waals surface area contributed by atoms with Gasteiger partial charge in [-0.1, -0.05) is 0 Å². The molecule has 0 radical (unpaired) electrons. The molecule has 0 aromatic carbocycles. The third-order valence-corrected chi connectivity index (χ3v) is 3.91. The van der Waals surface area contributed by atoms with Crippen LogP contribution in [0.3, 0.4) is 0 Å². The Labute approximate surface area is 89.7 Å². The summed E-state index contributed by atoms with van der Waals surface area (Å²) in [6.45, 7) is 6.54. The van der Waals surface area contributed by atoms with Crippen molar-refractivity contribution < 1.29 is 0 Å². The van der Waals surface area contributed by atoms with E-state index in [9.17, 15) is 0 Å². The van der Waals surface area contributed by atoms with Crippen molar-refractivity contribution >= 4 is 11.3 Å². The van der Waals surface area contributed by atoms with Gasteiger partial charge in [-0.2, -0.15) is 0 Å². The maximum absolute atomic E-state index is 5.67. The van der Waals surface area contributed by atoms with Gasteiger partial charge in [0.25, 0.3) is 0 Å². The number of hydrogen-bond acceptors (Lipinski definition) is 3. The van der Waals surface area contributed by atoms with E-state index in [1.54, 1.807) is 0 Å². The van der Waals surface area contributed by atoms with Crippen LogP contribution < -0.4 is 5.73 Å². The first-order valence-corrected chi connectivity index (χ1v) is 6.12. The fraction of sp³-hybridized carbons (Fsp3) is 0.636. The molecule has 1 saturated heterocycles. The molecule has 2 heterocycles. The number of aryl methyl sites for hydroxylation is 1. The molecule has 1 aliphatic rings. The zero-order chi connectivity index (χ0) is 9.97. The average Bonchev–Trinajstić information content (AvgIpc) is 2.76. The number of nitrogens with two attached hydrogens (primary N) is 1. The molecule has 14 heavy (non-hydrogen) atoms. The quantitative estimate of drug-likeness (QED) is 0.825. The van der Waals surface area contributed by atoms with Crippen LogP contribution in [0.1, 0.15) is 16.9 Å². The number of rotatable bonds is 3. The second-order valence-corrected chi connectivity index (χ2v) is 5.21. The highest BCUT2D eigenvalue weighted by Crippen LogP contribution is 2.21. The summed E-state index contributed by atoms with van der Waals surface area (Å²) in [7, 11) is 0. The van der Waals surface area contributed by atoms with Crippen molar-refractivity contribution in [2.45, 2.75) is 19.9 Å². The first-order chi connectivity index (χ1) is 6.78. The Bertz CT molecular complexity index is 295. The zero-order valence-electron chi connectivity index (χ0n) is 8.70. The lowest BCUT2D eigenvalue weighted by Crippen LogP contribution is -2.22. The van der Waals surface area contributed by atoms with E-state index in [4.69, 9.17) is 5.73 Å². The summed E-state index contributed by atoms with van der Waals surface area (Å²) < 4.78 is 0. The number of hydrogen-bond donors (Lipinski definition) is 1. The third kappa shape index (κ3) is 2.35. The van der Waals surface area contributed by atoms with E-state index in [0.29, 0.717) is 0 Å². The summed E-state index contributed by atoms with van der Waals surface area (Å²) in [6, 6.07) is 2.29. The molecular weight excluding hydrogens is 192 g/mol. The summed E-state index contributed by atoms with van der Waals surface area (Å²) >= 11 is 1.87. The predicted molar refractivity (Wildman–Crippen MR) is 61.5 cm³/mol. The van der Waals surface area contributed by atoms with Crippen LogP contribution in [-0.2, 0) is 6.54 Å². The van der Waals surface area contributed by atoms with Gasteiger partial charge < -0.3 is 5.73 Å². The summed E-state index contributed by atoms with van der Waals surface area (Å²) in [4.78, 5) is 4.00. The normalized spacial score (nSPS) is 23.1. The van der Waals surface area contributed by atoms with Crippen LogP contribution >= 0.6 is 11.3 Å². The molecule has 0 amide bonds. The molecule has 1 aromatic rings. The Balaban J connectivity index is 1.87. The van der Waals surface area contributed by atoms with Crippen molar-refractivity contribution in [3.8, 4) is 0 Å². The highest BCUT2D eigenvalue weighted by Gasteiger charge is 2.21.